The second-order valence-electron chi connectivity index (χ2n) is 5.90. The van der Waals surface area contributed by atoms with Crippen molar-refractivity contribution >= 4 is 11.8 Å². The Kier molecular flexibility index (Phi) is 5.23. The van der Waals surface area contributed by atoms with E-state index in [9.17, 15) is 14.7 Å². The molecule has 1 aliphatic rings. The number of fused-ring (bicyclic) bond motifs is 1. The van der Waals surface area contributed by atoms with Crippen molar-refractivity contribution in [2.75, 3.05) is 20.3 Å². The molecule has 2 aromatic carbocycles. The number of imide groups is 1. The first-order chi connectivity index (χ1) is 12.6. The number of amides is 2. The van der Waals surface area contributed by atoms with Crippen LogP contribution in [0.2, 0.25) is 0 Å². The van der Waals surface area contributed by atoms with Crippen molar-refractivity contribution in [3.63, 3.8) is 0 Å². The van der Waals surface area contributed by atoms with E-state index in [1.54, 1.807) is 49.6 Å². The Hall–Kier alpha value is -2.86. The first kappa shape index (κ1) is 17.9. The number of hydrogen-bond acceptors (Lipinski definition) is 5. The molecule has 1 aliphatic heterocycles. The van der Waals surface area contributed by atoms with Gasteiger partial charge < -0.3 is 14.6 Å². The highest BCUT2D eigenvalue weighted by Crippen LogP contribution is 2.37. The SMILES string of the molecule is CCOc1cc(C(CCO)N2C(=O)c3ccccc3C2=O)ccc1OC. The maximum absolute atomic E-state index is 12.8. The van der Waals surface area contributed by atoms with Gasteiger partial charge in [0.1, 0.15) is 0 Å². The van der Waals surface area contributed by atoms with Gasteiger partial charge in [0.15, 0.2) is 11.5 Å². The third kappa shape index (κ3) is 3.04. The van der Waals surface area contributed by atoms with E-state index in [1.165, 1.54) is 4.90 Å². The molecule has 3 rings (SSSR count). The Morgan fingerprint density at radius 3 is 2.23 bits per heavy atom. The second-order valence-corrected chi connectivity index (χ2v) is 5.90. The topological polar surface area (TPSA) is 76.1 Å². The molecule has 0 saturated heterocycles. The quantitative estimate of drug-likeness (QED) is 0.773. The first-order valence-electron chi connectivity index (χ1n) is 8.50. The van der Waals surface area contributed by atoms with Crippen LogP contribution < -0.4 is 9.47 Å². The number of carbonyl (C=O) groups excluding carboxylic acids is 2. The summed E-state index contributed by atoms with van der Waals surface area (Å²) in [5.74, 6) is 0.406. The van der Waals surface area contributed by atoms with Crippen LogP contribution in [-0.4, -0.2) is 42.1 Å². The van der Waals surface area contributed by atoms with Gasteiger partial charge in [-0.2, -0.15) is 0 Å². The van der Waals surface area contributed by atoms with E-state index in [0.717, 1.165) is 0 Å². The number of aliphatic hydroxyl groups excluding tert-OH is 1. The molecule has 1 atom stereocenters. The lowest BCUT2D eigenvalue weighted by Crippen LogP contribution is -2.34. The van der Waals surface area contributed by atoms with Crippen LogP contribution in [0.15, 0.2) is 42.5 Å². The zero-order chi connectivity index (χ0) is 18.7. The second kappa shape index (κ2) is 7.58. The third-order valence-electron chi connectivity index (χ3n) is 4.41. The van der Waals surface area contributed by atoms with Gasteiger partial charge in [-0.05, 0) is 43.2 Å². The van der Waals surface area contributed by atoms with Crippen molar-refractivity contribution < 1.29 is 24.2 Å². The molecule has 0 fully saturated rings. The van der Waals surface area contributed by atoms with Gasteiger partial charge in [-0.3, -0.25) is 14.5 Å². The highest BCUT2D eigenvalue weighted by atomic mass is 16.5. The summed E-state index contributed by atoms with van der Waals surface area (Å²) in [6.45, 7) is 2.16. The fourth-order valence-electron chi connectivity index (χ4n) is 3.23. The number of rotatable bonds is 7. The van der Waals surface area contributed by atoms with Gasteiger partial charge in [0.25, 0.3) is 11.8 Å². The normalized spacial score (nSPS) is 14.3. The number of benzene rings is 2. The summed E-state index contributed by atoms with van der Waals surface area (Å²) < 4.78 is 10.9. The summed E-state index contributed by atoms with van der Waals surface area (Å²) in [5, 5.41) is 9.52. The predicted molar refractivity (Wildman–Crippen MR) is 95.5 cm³/mol. The minimum Gasteiger partial charge on any atom is -0.493 e. The van der Waals surface area contributed by atoms with Crippen molar-refractivity contribution in [3.05, 3.63) is 59.2 Å². The van der Waals surface area contributed by atoms with Gasteiger partial charge in [-0.15, -0.1) is 0 Å². The van der Waals surface area contributed by atoms with Crippen LogP contribution in [0.3, 0.4) is 0 Å². The zero-order valence-electron chi connectivity index (χ0n) is 14.8. The number of aliphatic hydroxyl groups is 1. The minimum atomic E-state index is -0.586. The number of ether oxygens (including phenoxy) is 2. The van der Waals surface area contributed by atoms with E-state index in [0.29, 0.717) is 34.8 Å². The van der Waals surface area contributed by atoms with Crippen molar-refractivity contribution in [2.24, 2.45) is 0 Å². The van der Waals surface area contributed by atoms with Crippen LogP contribution in [0, 0.1) is 0 Å². The molecular formula is C20H21NO5. The summed E-state index contributed by atoms with van der Waals surface area (Å²) >= 11 is 0. The lowest BCUT2D eigenvalue weighted by molar-refractivity contribution is 0.0558. The molecule has 6 heteroatoms. The number of carbonyl (C=O) groups is 2. The molecule has 0 bridgehead atoms. The number of hydrogen-bond donors (Lipinski definition) is 1. The van der Waals surface area contributed by atoms with Crippen LogP contribution in [0.1, 0.15) is 45.7 Å². The fraction of sp³-hybridized carbons (Fsp3) is 0.300. The maximum Gasteiger partial charge on any atom is 0.262 e. The average Bonchev–Trinajstić information content (AvgIpc) is 2.91. The summed E-state index contributed by atoms with van der Waals surface area (Å²) in [6.07, 6.45) is 0.239. The summed E-state index contributed by atoms with van der Waals surface area (Å²) in [7, 11) is 1.55. The van der Waals surface area contributed by atoms with Gasteiger partial charge in [0, 0.05) is 6.61 Å². The fourth-order valence-corrected chi connectivity index (χ4v) is 3.23. The summed E-state index contributed by atoms with van der Waals surface area (Å²) in [6, 6.07) is 11.4. The molecule has 0 spiro atoms. The van der Waals surface area contributed by atoms with Crippen molar-refractivity contribution in [1.29, 1.82) is 0 Å². The first-order valence-corrected chi connectivity index (χ1v) is 8.50. The third-order valence-corrected chi connectivity index (χ3v) is 4.41. The van der Waals surface area contributed by atoms with Crippen LogP contribution in [0.25, 0.3) is 0 Å². The smallest absolute Gasteiger partial charge is 0.262 e. The molecule has 2 aromatic rings. The molecule has 0 saturated carbocycles. The number of methoxy groups -OCH3 is 1. The standard InChI is InChI=1S/C20H21NO5/c1-3-26-18-12-13(8-9-17(18)25-2)16(10-11-22)21-19(23)14-6-4-5-7-15(14)20(21)24/h4-9,12,16,22H,3,10-11H2,1-2H3. The Labute approximate surface area is 152 Å². The molecule has 1 N–H and O–H groups in total. The molecule has 1 unspecified atom stereocenters. The molecule has 2 amide bonds. The lowest BCUT2D eigenvalue weighted by Gasteiger charge is -2.26. The van der Waals surface area contributed by atoms with Crippen LogP contribution in [0.5, 0.6) is 11.5 Å². The molecule has 0 radical (unpaired) electrons. The maximum atomic E-state index is 12.8. The van der Waals surface area contributed by atoms with Gasteiger partial charge >= 0.3 is 0 Å². The van der Waals surface area contributed by atoms with E-state index in [-0.39, 0.29) is 24.8 Å². The molecular weight excluding hydrogens is 334 g/mol. The monoisotopic (exact) mass is 355 g/mol. The van der Waals surface area contributed by atoms with Gasteiger partial charge in [-0.25, -0.2) is 0 Å². The number of nitrogens with zero attached hydrogens (tertiary/aromatic N) is 1. The van der Waals surface area contributed by atoms with E-state index in [2.05, 4.69) is 0 Å². The average molecular weight is 355 g/mol. The molecule has 26 heavy (non-hydrogen) atoms. The molecule has 0 aliphatic carbocycles. The molecule has 136 valence electrons. The predicted octanol–water partition coefficient (Wildman–Crippen LogP) is 2.81. The van der Waals surface area contributed by atoms with Crippen LogP contribution in [-0.2, 0) is 0 Å². The van der Waals surface area contributed by atoms with Gasteiger partial charge in [0.05, 0.1) is 30.9 Å². The summed E-state index contributed by atoms with van der Waals surface area (Å²) in [5.41, 5.74) is 1.48. The zero-order valence-corrected chi connectivity index (χ0v) is 14.8. The Balaban J connectivity index is 2.02. The Bertz CT molecular complexity index is 798. The van der Waals surface area contributed by atoms with Crippen LogP contribution in [0.4, 0.5) is 0 Å². The van der Waals surface area contributed by atoms with Crippen LogP contribution >= 0.6 is 0 Å². The van der Waals surface area contributed by atoms with Crippen molar-refractivity contribution in [1.82, 2.24) is 4.90 Å². The summed E-state index contributed by atoms with van der Waals surface area (Å²) in [4.78, 5) is 26.8. The van der Waals surface area contributed by atoms with E-state index < -0.39 is 6.04 Å². The highest BCUT2D eigenvalue weighted by Gasteiger charge is 2.40. The van der Waals surface area contributed by atoms with Gasteiger partial charge in [0.2, 0.25) is 0 Å². The Morgan fingerprint density at radius 2 is 1.69 bits per heavy atom. The van der Waals surface area contributed by atoms with Crippen molar-refractivity contribution in [2.45, 2.75) is 19.4 Å². The van der Waals surface area contributed by atoms with E-state index in [4.69, 9.17) is 9.47 Å². The van der Waals surface area contributed by atoms with E-state index in [1.807, 2.05) is 6.92 Å². The Morgan fingerprint density at radius 1 is 1.04 bits per heavy atom. The largest absolute Gasteiger partial charge is 0.493 e. The lowest BCUT2D eigenvalue weighted by atomic mass is 10.0. The molecule has 6 nitrogen and oxygen atoms in total. The molecule has 1 heterocycles. The minimum absolute atomic E-state index is 0.159. The van der Waals surface area contributed by atoms with E-state index >= 15 is 0 Å². The highest BCUT2D eigenvalue weighted by molar-refractivity contribution is 6.21. The van der Waals surface area contributed by atoms with Crippen molar-refractivity contribution in [3.8, 4) is 11.5 Å². The molecule has 0 aromatic heterocycles. The van der Waals surface area contributed by atoms with Gasteiger partial charge in [-0.1, -0.05) is 18.2 Å².